The lowest BCUT2D eigenvalue weighted by molar-refractivity contribution is -0.895. The fourth-order valence-corrected chi connectivity index (χ4v) is 3.75. The van der Waals surface area contributed by atoms with Crippen molar-refractivity contribution in [3.05, 3.63) is 65.2 Å². The highest BCUT2D eigenvalue weighted by Crippen LogP contribution is 2.34. The van der Waals surface area contributed by atoms with Crippen molar-refractivity contribution in [1.29, 1.82) is 0 Å². The summed E-state index contributed by atoms with van der Waals surface area (Å²) in [6, 6.07) is 16.3. The van der Waals surface area contributed by atoms with E-state index in [9.17, 15) is 4.79 Å². The van der Waals surface area contributed by atoms with E-state index in [2.05, 4.69) is 45.0 Å². The van der Waals surface area contributed by atoms with Crippen LogP contribution in [0.1, 0.15) is 49.4 Å². The predicted molar refractivity (Wildman–Crippen MR) is 116 cm³/mol. The van der Waals surface area contributed by atoms with Gasteiger partial charge in [-0.2, -0.15) is 5.10 Å². The first-order valence-electron chi connectivity index (χ1n) is 10.5. The smallest absolute Gasteiger partial charge is 0.248 e. The van der Waals surface area contributed by atoms with Crippen molar-refractivity contribution >= 4 is 11.6 Å². The van der Waals surface area contributed by atoms with Gasteiger partial charge in [0.15, 0.2) is 0 Å². The largest absolute Gasteiger partial charge is 0.497 e. The van der Waals surface area contributed by atoms with E-state index in [1.54, 1.807) is 12.1 Å². The normalized spacial score (nSPS) is 16.2. The van der Waals surface area contributed by atoms with Gasteiger partial charge >= 0.3 is 0 Å². The van der Waals surface area contributed by atoms with E-state index >= 15 is 0 Å². The minimum atomic E-state index is -0.0728. The number of amides is 1. The fraction of sp³-hybridized carbons (Fsp3) is 0.417. The van der Waals surface area contributed by atoms with Crippen LogP contribution < -0.4 is 9.64 Å². The summed E-state index contributed by atoms with van der Waals surface area (Å²) in [5.74, 6) is 0.904. The summed E-state index contributed by atoms with van der Waals surface area (Å²) in [5.41, 5.74) is 4.35. The summed E-state index contributed by atoms with van der Waals surface area (Å²) in [6.07, 6.45) is 1.23. The van der Waals surface area contributed by atoms with Crippen molar-refractivity contribution in [1.82, 2.24) is 5.01 Å². The van der Waals surface area contributed by atoms with Gasteiger partial charge in [-0.25, -0.2) is 5.01 Å². The maximum atomic E-state index is 13.1. The molecule has 1 heterocycles. The van der Waals surface area contributed by atoms with Gasteiger partial charge < -0.3 is 9.64 Å². The molecule has 0 fully saturated rings. The molecule has 0 radical (unpaired) electrons. The third-order valence-electron chi connectivity index (χ3n) is 5.74. The van der Waals surface area contributed by atoms with Crippen LogP contribution in [-0.4, -0.2) is 43.4 Å². The SMILES string of the molecule is CC[NH+](CC)CCC(=O)N1N=C(c2ccc(C)cc2)C[C@H]1c1ccc(OC)cc1. The highest BCUT2D eigenvalue weighted by molar-refractivity contribution is 6.03. The van der Waals surface area contributed by atoms with E-state index in [0.717, 1.165) is 48.6 Å². The quantitative estimate of drug-likeness (QED) is 0.748. The molecule has 1 aliphatic rings. The van der Waals surface area contributed by atoms with Gasteiger partial charge in [0.25, 0.3) is 0 Å². The molecule has 0 saturated carbocycles. The summed E-state index contributed by atoms with van der Waals surface area (Å²) in [4.78, 5) is 14.5. The zero-order valence-corrected chi connectivity index (χ0v) is 17.9. The van der Waals surface area contributed by atoms with E-state index in [4.69, 9.17) is 9.84 Å². The maximum absolute atomic E-state index is 13.1. The first kappa shape index (κ1) is 21.1. The molecule has 29 heavy (non-hydrogen) atoms. The van der Waals surface area contributed by atoms with E-state index in [1.165, 1.54) is 10.5 Å². The molecule has 0 aliphatic carbocycles. The Morgan fingerprint density at radius 2 is 1.76 bits per heavy atom. The molecule has 0 unspecified atom stereocenters. The molecule has 3 rings (SSSR count). The number of nitrogens with zero attached hydrogens (tertiary/aromatic N) is 2. The monoisotopic (exact) mass is 394 g/mol. The van der Waals surface area contributed by atoms with E-state index < -0.39 is 0 Å². The predicted octanol–water partition coefficient (Wildman–Crippen LogP) is 3.00. The van der Waals surface area contributed by atoms with Gasteiger partial charge in [-0.1, -0.05) is 42.0 Å². The molecular weight excluding hydrogens is 362 g/mol. The van der Waals surface area contributed by atoms with Crippen LogP contribution in [0.5, 0.6) is 5.75 Å². The number of aryl methyl sites for hydroxylation is 1. The molecule has 1 N–H and O–H groups in total. The number of nitrogens with one attached hydrogen (secondary N) is 1. The lowest BCUT2D eigenvalue weighted by atomic mass is 9.98. The minimum absolute atomic E-state index is 0.0728. The Bertz CT molecular complexity index is 839. The van der Waals surface area contributed by atoms with Gasteiger partial charge in [0.2, 0.25) is 5.91 Å². The van der Waals surface area contributed by atoms with Gasteiger partial charge in [-0.05, 0) is 44.0 Å². The number of methoxy groups -OCH3 is 1. The minimum Gasteiger partial charge on any atom is -0.497 e. The molecule has 0 spiro atoms. The van der Waals surface area contributed by atoms with Crippen LogP contribution in [0.4, 0.5) is 0 Å². The van der Waals surface area contributed by atoms with Crippen LogP contribution in [0.2, 0.25) is 0 Å². The van der Waals surface area contributed by atoms with Crippen LogP contribution in [0.15, 0.2) is 53.6 Å². The van der Waals surface area contributed by atoms with E-state index in [1.807, 2.05) is 24.3 Å². The second kappa shape index (κ2) is 9.70. The number of benzene rings is 2. The molecule has 154 valence electrons. The van der Waals surface area contributed by atoms with Crippen LogP contribution in [-0.2, 0) is 4.79 Å². The standard InChI is InChI=1S/C24H31N3O2/c1-5-26(6-2)16-15-24(28)27-23(20-11-13-21(29-4)14-12-20)17-22(25-27)19-9-7-18(3)8-10-19/h7-14,23H,5-6,15-17H2,1-4H3/p+1/t23-/m0/s1. The average molecular weight is 395 g/mol. The molecule has 0 bridgehead atoms. The third kappa shape index (κ3) is 5.04. The summed E-state index contributed by atoms with van der Waals surface area (Å²) < 4.78 is 5.29. The Morgan fingerprint density at radius 3 is 2.34 bits per heavy atom. The van der Waals surface area contributed by atoms with Gasteiger partial charge in [-0.15, -0.1) is 0 Å². The van der Waals surface area contributed by atoms with Crippen molar-refractivity contribution in [2.75, 3.05) is 26.7 Å². The molecule has 1 amide bonds. The summed E-state index contributed by atoms with van der Waals surface area (Å²) >= 11 is 0. The lowest BCUT2D eigenvalue weighted by Gasteiger charge is -2.23. The molecular formula is C24H32N3O2+. The molecule has 5 heteroatoms. The van der Waals surface area contributed by atoms with E-state index in [0.29, 0.717) is 6.42 Å². The van der Waals surface area contributed by atoms with Crippen LogP contribution in [0.3, 0.4) is 0 Å². The Hall–Kier alpha value is -2.66. The second-order valence-electron chi connectivity index (χ2n) is 7.60. The first-order valence-corrected chi connectivity index (χ1v) is 10.5. The number of rotatable bonds is 8. The molecule has 0 aromatic heterocycles. The molecule has 2 aromatic carbocycles. The number of hydrazone groups is 1. The van der Waals surface area contributed by atoms with Crippen LogP contribution >= 0.6 is 0 Å². The summed E-state index contributed by atoms with van der Waals surface area (Å²) in [6.45, 7) is 9.30. The Morgan fingerprint density at radius 1 is 1.10 bits per heavy atom. The van der Waals surface area contributed by atoms with Crippen molar-refractivity contribution in [2.45, 2.75) is 39.7 Å². The maximum Gasteiger partial charge on any atom is 0.248 e. The van der Waals surface area contributed by atoms with Gasteiger partial charge in [-0.3, -0.25) is 4.79 Å². The lowest BCUT2D eigenvalue weighted by Crippen LogP contribution is -3.11. The Balaban J connectivity index is 1.84. The van der Waals surface area contributed by atoms with Crippen LogP contribution in [0, 0.1) is 6.92 Å². The van der Waals surface area contributed by atoms with Crippen molar-refractivity contribution in [3.63, 3.8) is 0 Å². The Kier molecular flexibility index (Phi) is 7.04. The molecule has 1 atom stereocenters. The van der Waals surface area contributed by atoms with Gasteiger partial charge in [0, 0.05) is 6.42 Å². The molecule has 2 aromatic rings. The van der Waals surface area contributed by atoms with Crippen LogP contribution in [0.25, 0.3) is 0 Å². The number of ether oxygens (including phenoxy) is 1. The molecule has 0 saturated heterocycles. The number of quaternary nitrogens is 1. The zero-order valence-electron chi connectivity index (χ0n) is 17.9. The highest BCUT2D eigenvalue weighted by Gasteiger charge is 2.33. The molecule has 1 aliphatic heterocycles. The van der Waals surface area contributed by atoms with Crippen molar-refractivity contribution < 1.29 is 14.4 Å². The number of hydrogen-bond acceptors (Lipinski definition) is 3. The number of carbonyl (C=O) groups excluding carboxylic acids is 1. The number of carbonyl (C=O) groups is 1. The highest BCUT2D eigenvalue weighted by atomic mass is 16.5. The van der Waals surface area contributed by atoms with Crippen molar-refractivity contribution in [2.24, 2.45) is 5.10 Å². The van der Waals surface area contributed by atoms with Crippen molar-refractivity contribution in [3.8, 4) is 5.75 Å². The first-order chi connectivity index (χ1) is 14.0. The number of hydrogen-bond donors (Lipinski definition) is 1. The van der Waals surface area contributed by atoms with E-state index in [-0.39, 0.29) is 11.9 Å². The summed E-state index contributed by atoms with van der Waals surface area (Å²) in [7, 11) is 1.66. The summed E-state index contributed by atoms with van der Waals surface area (Å²) in [5, 5.41) is 6.49. The second-order valence-corrected chi connectivity index (χ2v) is 7.60. The molecule has 5 nitrogen and oxygen atoms in total. The average Bonchev–Trinajstić information content (AvgIpc) is 3.20. The third-order valence-corrected chi connectivity index (χ3v) is 5.74. The van der Waals surface area contributed by atoms with Gasteiger partial charge in [0.1, 0.15) is 5.75 Å². The van der Waals surface area contributed by atoms with Gasteiger partial charge in [0.05, 0.1) is 44.9 Å². The Labute approximate surface area is 174 Å². The topological polar surface area (TPSA) is 46.3 Å². The fourth-order valence-electron chi connectivity index (χ4n) is 3.75. The zero-order chi connectivity index (χ0) is 20.8.